The Hall–Kier alpha value is -1.42. The number of nitrogens with one attached hydrogen (secondary N) is 1. The van der Waals surface area contributed by atoms with Gasteiger partial charge in [-0.3, -0.25) is 4.79 Å². The summed E-state index contributed by atoms with van der Waals surface area (Å²) in [6.07, 6.45) is 3.55. The van der Waals surface area contributed by atoms with Crippen LogP contribution < -0.4 is 5.32 Å². The van der Waals surface area contributed by atoms with Gasteiger partial charge in [0, 0.05) is 18.0 Å². The highest BCUT2D eigenvalue weighted by Gasteiger charge is 2.23. The maximum Gasteiger partial charge on any atom is 0.251 e. The van der Waals surface area contributed by atoms with Crippen LogP contribution in [0.15, 0.2) is 18.2 Å². The van der Waals surface area contributed by atoms with Crippen molar-refractivity contribution in [1.82, 2.24) is 5.32 Å². The number of carbonyl (C=O) groups is 1. The summed E-state index contributed by atoms with van der Waals surface area (Å²) in [6, 6.07) is 4.19. The number of aliphatic hydroxyl groups is 1. The van der Waals surface area contributed by atoms with Crippen LogP contribution in [0.3, 0.4) is 0 Å². The minimum Gasteiger partial charge on any atom is -0.393 e. The fourth-order valence-electron chi connectivity index (χ4n) is 2.58. The summed E-state index contributed by atoms with van der Waals surface area (Å²) in [5.74, 6) is -0.560. The molecule has 0 aliphatic heterocycles. The van der Waals surface area contributed by atoms with Crippen LogP contribution in [-0.4, -0.2) is 23.7 Å². The lowest BCUT2D eigenvalue weighted by molar-refractivity contribution is 0.0662. The highest BCUT2D eigenvalue weighted by molar-refractivity contribution is 5.95. The van der Waals surface area contributed by atoms with E-state index in [4.69, 9.17) is 0 Å². The van der Waals surface area contributed by atoms with Gasteiger partial charge in [0.15, 0.2) is 0 Å². The van der Waals surface area contributed by atoms with Crippen LogP contribution in [-0.2, 0) is 0 Å². The van der Waals surface area contributed by atoms with E-state index in [-0.39, 0.29) is 17.9 Å². The molecule has 4 heteroatoms. The predicted octanol–water partition coefficient (Wildman–Crippen LogP) is 2.42. The van der Waals surface area contributed by atoms with Crippen molar-refractivity contribution in [3.8, 4) is 0 Å². The molecular weight excluding hydrogens is 245 g/mol. The molecule has 19 heavy (non-hydrogen) atoms. The molecular formula is C15H20FNO2. The van der Waals surface area contributed by atoms with E-state index in [1.54, 1.807) is 13.0 Å². The number of carbonyl (C=O) groups excluding carboxylic acids is 1. The molecule has 0 radical (unpaired) electrons. The number of rotatable bonds is 3. The maximum atomic E-state index is 13.1. The molecule has 1 aliphatic rings. The van der Waals surface area contributed by atoms with Gasteiger partial charge in [-0.2, -0.15) is 0 Å². The Bertz CT molecular complexity index is 461. The number of halogens is 1. The van der Waals surface area contributed by atoms with Crippen molar-refractivity contribution in [2.24, 2.45) is 5.92 Å². The van der Waals surface area contributed by atoms with Crippen molar-refractivity contribution in [2.45, 2.75) is 38.7 Å². The van der Waals surface area contributed by atoms with Crippen molar-refractivity contribution >= 4 is 5.91 Å². The smallest absolute Gasteiger partial charge is 0.251 e. The number of benzene rings is 1. The molecule has 0 heterocycles. The van der Waals surface area contributed by atoms with E-state index in [0.29, 0.717) is 12.1 Å². The van der Waals surface area contributed by atoms with Crippen LogP contribution in [0.2, 0.25) is 0 Å². The molecule has 1 aliphatic carbocycles. The summed E-state index contributed by atoms with van der Waals surface area (Å²) in [5, 5.41) is 12.6. The van der Waals surface area contributed by atoms with E-state index in [1.165, 1.54) is 12.1 Å². The van der Waals surface area contributed by atoms with E-state index >= 15 is 0 Å². The zero-order chi connectivity index (χ0) is 13.8. The Morgan fingerprint density at radius 3 is 2.89 bits per heavy atom. The molecule has 3 nitrogen and oxygen atoms in total. The lowest BCUT2D eigenvalue weighted by atomic mass is 9.86. The van der Waals surface area contributed by atoms with E-state index in [0.717, 1.165) is 31.2 Å². The molecule has 2 unspecified atom stereocenters. The first-order valence-corrected chi connectivity index (χ1v) is 6.80. The monoisotopic (exact) mass is 265 g/mol. The zero-order valence-electron chi connectivity index (χ0n) is 11.2. The highest BCUT2D eigenvalue weighted by Crippen LogP contribution is 2.23. The second kappa shape index (κ2) is 6.15. The van der Waals surface area contributed by atoms with Gasteiger partial charge in [0.1, 0.15) is 5.82 Å². The normalized spacial score (nSPS) is 23.1. The second-order valence-corrected chi connectivity index (χ2v) is 5.28. The standard InChI is InChI=1S/C15H20FNO2/c1-10-6-7-12(16)8-13(10)15(19)17-9-11-4-2-3-5-14(11)18/h6-8,11,14,18H,2-5,9H2,1H3,(H,17,19). The number of hydrogen-bond donors (Lipinski definition) is 2. The van der Waals surface area contributed by atoms with E-state index in [9.17, 15) is 14.3 Å². The maximum absolute atomic E-state index is 13.1. The minimum atomic E-state index is -0.409. The second-order valence-electron chi connectivity index (χ2n) is 5.28. The molecule has 104 valence electrons. The van der Waals surface area contributed by atoms with Crippen molar-refractivity contribution in [3.05, 3.63) is 35.1 Å². The van der Waals surface area contributed by atoms with Gasteiger partial charge in [0.25, 0.3) is 5.91 Å². The molecule has 1 aromatic carbocycles. The Labute approximate surface area is 112 Å². The highest BCUT2D eigenvalue weighted by atomic mass is 19.1. The molecule has 0 aromatic heterocycles. The Balaban J connectivity index is 1.95. The first kappa shape index (κ1) is 14.0. The topological polar surface area (TPSA) is 49.3 Å². The average molecular weight is 265 g/mol. The van der Waals surface area contributed by atoms with Crippen molar-refractivity contribution < 1.29 is 14.3 Å². The summed E-state index contributed by atoms with van der Waals surface area (Å²) >= 11 is 0. The van der Waals surface area contributed by atoms with Crippen LogP contribution in [0.5, 0.6) is 0 Å². The van der Waals surface area contributed by atoms with Gasteiger partial charge in [0.05, 0.1) is 6.10 Å². The van der Waals surface area contributed by atoms with Crippen molar-refractivity contribution in [1.29, 1.82) is 0 Å². The summed E-state index contributed by atoms with van der Waals surface area (Å²) < 4.78 is 13.1. The van der Waals surface area contributed by atoms with Gasteiger partial charge < -0.3 is 10.4 Å². The average Bonchev–Trinajstić information content (AvgIpc) is 2.40. The molecule has 0 spiro atoms. The summed E-state index contributed by atoms with van der Waals surface area (Å²) in [7, 11) is 0. The Morgan fingerprint density at radius 2 is 2.16 bits per heavy atom. The zero-order valence-corrected chi connectivity index (χ0v) is 11.2. The molecule has 0 saturated heterocycles. The SMILES string of the molecule is Cc1ccc(F)cc1C(=O)NCC1CCCCC1O. The molecule has 2 atom stereocenters. The molecule has 1 saturated carbocycles. The predicted molar refractivity (Wildman–Crippen MR) is 71.4 cm³/mol. The van der Waals surface area contributed by atoms with Gasteiger partial charge in [-0.05, 0) is 37.5 Å². The Morgan fingerprint density at radius 1 is 1.42 bits per heavy atom. The first-order valence-electron chi connectivity index (χ1n) is 6.80. The third-order valence-corrected chi connectivity index (χ3v) is 3.84. The first-order chi connectivity index (χ1) is 9.08. The van der Waals surface area contributed by atoms with Gasteiger partial charge in [-0.1, -0.05) is 18.9 Å². The summed E-state index contributed by atoms with van der Waals surface area (Å²) in [6.45, 7) is 2.24. The van der Waals surface area contributed by atoms with Crippen molar-refractivity contribution in [2.75, 3.05) is 6.54 Å². The van der Waals surface area contributed by atoms with Crippen LogP contribution in [0.4, 0.5) is 4.39 Å². The fraction of sp³-hybridized carbons (Fsp3) is 0.533. The fourth-order valence-corrected chi connectivity index (χ4v) is 2.58. The van der Waals surface area contributed by atoms with E-state index in [1.807, 2.05) is 0 Å². The molecule has 1 fully saturated rings. The third kappa shape index (κ3) is 3.53. The third-order valence-electron chi connectivity index (χ3n) is 3.84. The molecule has 2 N–H and O–H groups in total. The van der Waals surface area contributed by atoms with Crippen LogP contribution in [0.25, 0.3) is 0 Å². The van der Waals surface area contributed by atoms with Gasteiger partial charge in [0.2, 0.25) is 0 Å². The summed E-state index contributed by atoms with van der Waals surface area (Å²) in [4.78, 5) is 12.0. The quantitative estimate of drug-likeness (QED) is 0.881. The lowest BCUT2D eigenvalue weighted by Gasteiger charge is -2.27. The van der Waals surface area contributed by atoms with Crippen LogP contribution in [0.1, 0.15) is 41.6 Å². The van der Waals surface area contributed by atoms with Crippen LogP contribution >= 0.6 is 0 Å². The van der Waals surface area contributed by atoms with Gasteiger partial charge in [-0.15, -0.1) is 0 Å². The molecule has 1 amide bonds. The minimum absolute atomic E-state index is 0.117. The number of aryl methyl sites for hydroxylation is 1. The van der Waals surface area contributed by atoms with E-state index in [2.05, 4.69) is 5.32 Å². The largest absolute Gasteiger partial charge is 0.393 e. The molecule has 1 aromatic rings. The van der Waals surface area contributed by atoms with Crippen molar-refractivity contribution in [3.63, 3.8) is 0 Å². The molecule has 2 rings (SSSR count). The molecule has 0 bridgehead atoms. The Kier molecular flexibility index (Phi) is 4.53. The number of aliphatic hydroxyl groups excluding tert-OH is 1. The summed E-state index contributed by atoms with van der Waals surface area (Å²) in [5.41, 5.74) is 1.12. The number of amides is 1. The van der Waals surface area contributed by atoms with Crippen LogP contribution in [0, 0.1) is 18.7 Å². The van der Waals surface area contributed by atoms with Gasteiger partial charge in [-0.25, -0.2) is 4.39 Å². The van der Waals surface area contributed by atoms with Gasteiger partial charge >= 0.3 is 0 Å². The lowest BCUT2D eigenvalue weighted by Crippen LogP contribution is -2.36. The van der Waals surface area contributed by atoms with E-state index < -0.39 is 5.82 Å². The number of hydrogen-bond acceptors (Lipinski definition) is 2.